The fraction of sp³-hybridized carbons (Fsp3) is 0. The highest BCUT2D eigenvalue weighted by Gasteiger charge is 2.34. The summed E-state index contributed by atoms with van der Waals surface area (Å²) >= 11 is 0. The van der Waals surface area contributed by atoms with Crippen molar-refractivity contribution in [3.63, 3.8) is 0 Å². The minimum Gasteiger partial charge on any atom is -0.504 e. The number of aliphatic hydroxyl groups is 1. The first-order valence-corrected chi connectivity index (χ1v) is 8.09. The van der Waals surface area contributed by atoms with Crippen LogP contribution in [-0.2, 0) is 14.3 Å². The van der Waals surface area contributed by atoms with Crippen LogP contribution in [0.4, 0.5) is 0 Å². The number of cyclic esters (lactones) is 1. The van der Waals surface area contributed by atoms with Gasteiger partial charge in [0, 0.05) is 0 Å². The Morgan fingerprint density at radius 1 is 0.808 bits per heavy atom. The van der Waals surface area contributed by atoms with Crippen LogP contribution in [0.5, 0.6) is 0 Å². The number of ketones is 1. The maximum atomic E-state index is 12.2. The van der Waals surface area contributed by atoms with Gasteiger partial charge in [-0.3, -0.25) is 4.79 Å². The standard InChI is InChI=1S/C22H14O4/c23-20-18(13-14-10-11-15-6-4-5-9-17(15)12-14)26-22(25)21(24)19(20)16-7-2-1-3-8-16/h1-13,23H/b18-13-. The lowest BCUT2D eigenvalue weighted by molar-refractivity contribution is -0.149. The van der Waals surface area contributed by atoms with Gasteiger partial charge in [-0.1, -0.05) is 66.7 Å². The summed E-state index contributed by atoms with van der Waals surface area (Å²) in [6, 6.07) is 22.1. The van der Waals surface area contributed by atoms with Crippen LogP contribution in [0.1, 0.15) is 11.1 Å². The summed E-state index contributed by atoms with van der Waals surface area (Å²) < 4.78 is 5.04. The average Bonchev–Trinajstić information content (AvgIpc) is 2.67. The van der Waals surface area contributed by atoms with Crippen LogP contribution in [0, 0.1) is 0 Å². The van der Waals surface area contributed by atoms with E-state index in [2.05, 4.69) is 0 Å². The van der Waals surface area contributed by atoms with Gasteiger partial charge in [0.2, 0.25) is 0 Å². The fourth-order valence-electron chi connectivity index (χ4n) is 2.95. The topological polar surface area (TPSA) is 63.6 Å². The zero-order valence-electron chi connectivity index (χ0n) is 13.7. The van der Waals surface area contributed by atoms with Gasteiger partial charge in [-0.2, -0.15) is 0 Å². The van der Waals surface area contributed by atoms with E-state index in [1.807, 2.05) is 42.5 Å². The van der Waals surface area contributed by atoms with Gasteiger partial charge in [0.1, 0.15) is 0 Å². The number of Topliss-reactive ketones (excluding diaryl/α,β-unsaturated/α-hetero) is 1. The molecule has 3 aromatic rings. The summed E-state index contributed by atoms with van der Waals surface area (Å²) in [6.07, 6.45) is 1.55. The van der Waals surface area contributed by atoms with E-state index in [4.69, 9.17) is 4.74 Å². The Kier molecular flexibility index (Phi) is 3.86. The Balaban J connectivity index is 1.84. The van der Waals surface area contributed by atoms with Crippen molar-refractivity contribution in [3.8, 4) is 0 Å². The Labute approximate surface area is 149 Å². The third-order valence-corrected chi connectivity index (χ3v) is 4.22. The lowest BCUT2D eigenvalue weighted by atomic mass is 9.97. The van der Waals surface area contributed by atoms with Crippen LogP contribution in [0.15, 0.2) is 84.3 Å². The van der Waals surface area contributed by atoms with Crippen molar-refractivity contribution in [3.05, 3.63) is 95.4 Å². The van der Waals surface area contributed by atoms with E-state index in [9.17, 15) is 14.7 Å². The summed E-state index contributed by atoms with van der Waals surface area (Å²) in [5, 5.41) is 12.7. The molecule has 1 N–H and O–H groups in total. The molecule has 1 aliphatic rings. The van der Waals surface area contributed by atoms with Gasteiger partial charge in [0.25, 0.3) is 5.78 Å². The molecule has 26 heavy (non-hydrogen) atoms. The number of carbonyl (C=O) groups excluding carboxylic acids is 2. The molecule has 4 nitrogen and oxygen atoms in total. The molecule has 0 bridgehead atoms. The molecule has 4 rings (SSSR count). The number of hydrogen-bond donors (Lipinski definition) is 1. The molecule has 0 atom stereocenters. The van der Waals surface area contributed by atoms with E-state index in [1.165, 1.54) is 0 Å². The highest BCUT2D eigenvalue weighted by Crippen LogP contribution is 2.30. The zero-order valence-corrected chi connectivity index (χ0v) is 13.7. The Morgan fingerprint density at radius 2 is 1.50 bits per heavy atom. The molecule has 0 fully saturated rings. The van der Waals surface area contributed by atoms with Crippen LogP contribution >= 0.6 is 0 Å². The number of esters is 1. The minimum atomic E-state index is -1.01. The maximum Gasteiger partial charge on any atom is 0.385 e. The summed E-state index contributed by atoms with van der Waals surface area (Å²) in [5.74, 6) is -2.24. The predicted molar refractivity (Wildman–Crippen MR) is 99.0 cm³/mol. The first-order valence-electron chi connectivity index (χ1n) is 8.09. The zero-order chi connectivity index (χ0) is 18.1. The number of aliphatic hydroxyl groups excluding tert-OH is 1. The van der Waals surface area contributed by atoms with E-state index in [1.54, 1.807) is 36.4 Å². The molecule has 1 aliphatic heterocycles. The van der Waals surface area contributed by atoms with Crippen LogP contribution in [0.3, 0.4) is 0 Å². The number of rotatable bonds is 2. The Hall–Kier alpha value is -3.66. The molecule has 1 heterocycles. The molecular formula is C22H14O4. The van der Waals surface area contributed by atoms with E-state index >= 15 is 0 Å². The summed E-state index contributed by atoms with van der Waals surface area (Å²) in [7, 11) is 0. The molecule has 0 unspecified atom stereocenters. The third kappa shape index (κ3) is 2.78. The van der Waals surface area contributed by atoms with Crippen molar-refractivity contribution in [2.45, 2.75) is 0 Å². The average molecular weight is 342 g/mol. The number of ether oxygens (including phenoxy) is 1. The SMILES string of the molecule is O=C1O/C(=C\c2ccc3ccccc3c2)C(O)=C(c2ccccc2)C1=O. The lowest BCUT2D eigenvalue weighted by Crippen LogP contribution is -2.25. The molecule has 3 aromatic carbocycles. The van der Waals surface area contributed by atoms with Crippen LogP contribution in [0.2, 0.25) is 0 Å². The van der Waals surface area contributed by atoms with Crippen LogP contribution < -0.4 is 0 Å². The first-order chi connectivity index (χ1) is 12.6. The van der Waals surface area contributed by atoms with E-state index in [-0.39, 0.29) is 17.1 Å². The van der Waals surface area contributed by atoms with Gasteiger partial charge in [-0.05, 0) is 34.0 Å². The van der Waals surface area contributed by atoms with Crippen molar-refractivity contribution < 1.29 is 19.4 Å². The quantitative estimate of drug-likeness (QED) is 0.558. The Morgan fingerprint density at radius 3 is 2.27 bits per heavy atom. The monoisotopic (exact) mass is 342 g/mol. The lowest BCUT2D eigenvalue weighted by Gasteiger charge is -2.17. The molecule has 126 valence electrons. The highest BCUT2D eigenvalue weighted by molar-refractivity contribution is 6.53. The second-order valence-electron chi connectivity index (χ2n) is 5.92. The first kappa shape index (κ1) is 15.8. The van der Waals surface area contributed by atoms with E-state index in [0.717, 1.165) is 16.3 Å². The van der Waals surface area contributed by atoms with Gasteiger partial charge >= 0.3 is 5.97 Å². The number of benzene rings is 3. The summed E-state index contributed by atoms with van der Waals surface area (Å²) in [4.78, 5) is 24.2. The predicted octanol–water partition coefficient (Wildman–Crippen LogP) is 4.28. The van der Waals surface area contributed by atoms with Crippen molar-refractivity contribution in [1.82, 2.24) is 0 Å². The molecular weight excluding hydrogens is 328 g/mol. The fourth-order valence-corrected chi connectivity index (χ4v) is 2.95. The number of fused-ring (bicyclic) bond motifs is 1. The van der Waals surface area contributed by atoms with Gasteiger partial charge < -0.3 is 9.84 Å². The molecule has 4 heteroatoms. The second kappa shape index (κ2) is 6.33. The van der Waals surface area contributed by atoms with Crippen LogP contribution in [0.25, 0.3) is 22.4 Å². The molecule has 0 saturated heterocycles. The molecule has 0 aliphatic carbocycles. The molecule has 0 aromatic heterocycles. The van der Waals surface area contributed by atoms with Gasteiger partial charge in [-0.15, -0.1) is 0 Å². The van der Waals surface area contributed by atoms with E-state index in [0.29, 0.717) is 5.56 Å². The number of hydrogen-bond acceptors (Lipinski definition) is 4. The molecule has 0 spiro atoms. The maximum absolute atomic E-state index is 12.2. The second-order valence-corrected chi connectivity index (χ2v) is 5.92. The molecule has 0 saturated carbocycles. The van der Waals surface area contributed by atoms with Gasteiger partial charge in [0.05, 0.1) is 5.57 Å². The normalized spacial score (nSPS) is 16.2. The highest BCUT2D eigenvalue weighted by atomic mass is 16.6. The number of carbonyl (C=O) groups is 2. The van der Waals surface area contributed by atoms with E-state index < -0.39 is 11.8 Å². The summed E-state index contributed by atoms with van der Waals surface area (Å²) in [6.45, 7) is 0. The van der Waals surface area contributed by atoms with Crippen molar-refractivity contribution in [1.29, 1.82) is 0 Å². The van der Waals surface area contributed by atoms with Gasteiger partial charge in [-0.25, -0.2) is 4.79 Å². The largest absolute Gasteiger partial charge is 0.504 e. The van der Waals surface area contributed by atoms with Crippen molar-refractivity contribution >= 4 is 34.2 Å². The van der Waals surface area contributed by atoms with Crippen molar-refractivity contribution in [2.24, 2.45) is 0 Å². The molecule has 0 amide bonds. The summed E-state index contributed by atoms with van der Waals surface area (Å²) in [5.41, 5.74) is 1.17. The smallest absolute Gasteiger partial charge is 0.385 e. The minimum absolute atomic E-state index is 0.0382. The van der Waals surface area contributed by atoms with Crippen LogP contribution in [-0.4, -0.2) is 16.9 Å². The van der Waals surface area contributed by atoms with Gasteiger partial charge in [0.15, 0.2) is 11.5 Å². The Bertz CT molecular complexity index is 1090. The third-order valence-electron chi connectivity index (χ3n) is 4.22. The van der Waals surface area contributed by atoms with Crippen molar-refractivity contribution in [2.75, 3.05) is 0 Å². The molecule has 0 radical (unpaired) electrons.